The monoisotopic (exact) mass is 182 g/mol. The SMILES string of the molecule is C/C(=C\CC(=O)O)c1ccsc1. The van der Waals surface area contributed by atoms with Gasteiger partial charge in [0.15, 0.2) is 0 Å². The molecule has 0 aliphatic carbocycles. The highest BCUT2D eigenvalue weighted by Gasteiger charge is 1.96. The standard InChI is InChI=1S/C9H10O2S/c1-7(2-3-9(10)11)8-4-5-12-6-8/h2,4-6H,3H2,1H3,(H,10,11)/b7-2+. The van der Waals surface area contributed by atoms with Crippen molar-refractivity contribution in [3.63, 3.8) is 0 Å². The highest BCUT2D eigenvalue weighted by Crippen LogP contribution is 2.16. The molecule has 1 aromatic heterocycles. The van der Waals surface area contributed by atoms with E-state index in [2.05, 4.69) is 0 Å². The van der Waals surface area contributed by atoms with E-state index in [0.717, 1.165) is 11.1 Å². The number of carbonyl (C=O) groups is 1. The Bertz CT molecular complexity index is 285. The molecule has 64 valence electrons. The fraction of sp³-hybridized carbons (Fsp3) is 0.222. The molecular weight excluding hydrogens is 172 g/mol. The van der Waals surface area contributed by atoms with Crippen molar-refractivity contribution in [3.05, 3.63) is 28.5 Å². The van der Waals surface area contributed by atoms with Crippen molar-refractivity contribution >= 4 is 22.9 Å². The molecule has 1 N–H and O–H groups in total. The lowest BCUT2D eigenvalue weighted by Gasteiger charge is -1.94. The molecular formula is C9H10O2S. The first-order valence-corrected chi connectivity index (χ1v) is 4.55. The van der Waals surface area contributed by atoms with Crippen LogP contribution in [0, 0.1) is 0 Å². The molecule has 1 aromatic rings. The Labute approximate surface area is 75.2 Å². The van der Waals surface area contributed by atoms with E-state index in [4.69, 9.17) is 5.11 Å². The largest absolute Gasteiger partial charge is 0.481 e. The van der Waals surface area contributed by atoms with E-state index >= 15 is 0 Å². The maximum Gasteiger partial charge on any atom is 0.307 e. The van der Waals surface area contributed by atoms with Gasteiger partial charge < -0.3 is 5.11 Å². The number of carboxylic acid groups (broad SMARTS) is 1. The smallest absolute Gasteiger partial charge is 0.307 e. The predicted octanol–water partition coefficient (Wildman–Crippen LogP) is 2.63. The van der Waals surface area contributed by atoms with Crippen LogP contribution in [0.4, 0.5) is 0 Å². The van der Waals surface area contributed by atoms with E-state index in [0.29, 0.717) is 0 Å². The van der Waals surface area contributed by atoms with Gasteiger partial charge in [0, 0.05) is 0 Å². The molecule has 0 fully saturated rings. The van der Waals surface area contributed by atoms with Crippen LogP contribution in [-0.4, -0.2) is 11.1 Å². The number of aliphatic carboxylic acids is 1. The highest BCUT2D eigenvalue weighted by atomic mass is 32.1. The molecule has 0 aliphatic rings. The molecule has 2 nitrogen and oxygen atoms in total. The summed E-state index contributed by atoms with van der Waals surface area (Å²) in [7, 11) is 0. The summed E-state index contributed by atoms with van der Waals surface area (Å²) in [5, 5.41) is 12.4. The van der Waals surface area contributed by atoms with Gasteiger partial charge in [-0.15, -0.1) is 0 Å². The normalized spacial score (nSPS) is 11.6. The van der Waals surface area contributed by atoms with E-state index in [1.165, 1.54) is 0 Å². The van der Waals surface area contributed by atoms with Crippen LogP contribution >= 0.6 is 11.3 Å². The third-order valence-corrected chi connectivity index (χ3v) is 2.24. The molecule has 1 rings (SSSR count). The molecule has 1 heterocycles. The maximum atomic E-state index is 10.2. The zero-order valence-corrected chi connectivity index (χ0v) is 7.60. The molecule has 0 spiro atoms. The molecule has 0 atom stereocenters. The fourth-order valence-electron chi connectivity index (χ4n) is 0.847. The topological polar surface area (TPSA) is 37.3 Å². The summed E-state index contributed by atoms with van der Waals surface area (Å²) in [4.78, 5) is 10.2. The number of hydrogen-bond acceptors (Lipinski definition) is 2. The van der Waals surface area contributed by atoms with Crippen molar-refractivity contribution < 1.29 is 9.90 Å². The molecule has 0 aliphatic heterocycles. The van der Waals surface area contributed by atoms with Crippen molar-refractivity contribution in [2.24, 2.45) is 0 Å². The first-order valence-electron chi connectivity index (χ1n) is 3.61. The summed E-state index contributed by atoms with van der Waals surface area (Å²) in [6.07, 6.45) is 1.83. The molecule has 0 radical (unpaired) electrons. The lowest BCUT2D eigenvalue weighted by Crippen LogP contribution is -1.90. The minimum absolute atomic E-state index is 0.0989. The first-order chi connectivity index (χ1) is 5.70. The minimum Gasteiger partial charge on any atom is -0.481 e. The Morgan fingerprint density at radius 1 is 1.75 bits per heavy atom. The number of allylic oxidation sites excluding steroid dienone is 1. The van der Waals surface area contributed by atoms with Crippen LogP contribution in [0.1, 0.15) is 18.9 Å². The summed E-state index contributed by atoms with van der Waals surface area (Å²) < 4.78 is 0. The first kappa shape index (κ1) is 9.00. The van der Waals surface area contributed by atoms with Gasteiger partial charge in [0.1, 0.15) is 0 Å². The van der Waals surface area contributed by atoms with Gasteiger partial charge in [0.2, 0.25) is 0 Å². The van der Waals surface area contributed by atoms with Gasteiger partial charge in [-0.3, -0.25) is 4.79 Å². The van der Waals surface area contributed by atoms with Crippen LogP contribution in [0.2, 0.25) is 0 Å². The molecule has 0 saturated carbocycles. The predicted molar refractivity (Wildman–Crippen MR) is 50.2 cm³/mol. The van der Waals surface area contributed by atoms with E-state index in [1.807, 2.05) is 23.8 Å². The molecule has 0 saturated heterocycles. The van der Waals surface area contributed by atoms with E-state index in [-0.39, 0.29) is 6.42 Å². The Morgan fingerprint density at radius 2 is 2.50 bits per heavy atom. The van der Waals surface area contributed by atoms with Crippen LogP contribution in [0.25, 0.3) is 5.57 Å². The molecule has 0 aromatic carbocycles. The molecule has 0 bridgehead atoms. The third kappa shape index (κ3) is 2.51. The summed E-state index contributed by atoms with van der Waals surface area (Å²) in [6, 6.07) is 1.98. The highest BCUT2D eigenvalue weighted by molar-refractivity contribution is 7.08. The molecule has 0 unspecified atom stereocenters. The summed E-state index contributed by atoms with van der Waals surface area (Å²) in [6.45, 7) is 1.92. The summed E-state index contributed by atoms with van der Waals surface area (Å²) in [5.74, 6) is -0.787. The molecule has 12 heavy (non-hydrogen) atoms. The van der Waals surface area contributed by atoms with E-state index in [9.17, 15) is 4.79 Å². The van der Waals surface area contributed by atoms with Crippen molar-refractivity contribution in [1.82, 2.24) is 0 Å². The second-order valence-corrected chi connectivity index (χ2v) is 3.28. The van der Waals surface area contributed by atoms with Crippen LogP contribution < -0.4 is 0 Å². The summed E-state index contributed by atoms with van der Waals surface area (Å²) in [5.41, 5.74) is 2.14. The number of carboxylic acids is 1. The number of thiophene rings is 1. The van der Waals surface area contributed by atoms with Gasteiger partial charge in [-0.1, -0.05) is 6.08 Å². The van der Waals surface area contributed by atoms with E-state index in [1.54, 1.807) is 17.4 Å². The summed E-state index contributed by atoms with van der Waals surface area (Å²) >= 11 is 1.61. The number of hydrogen-bond donors (Lipinski definition) is 1. The van der Waals surface area contributed by atoms with Gasteiger partial charge in [0.25, 0.3) is 0 Å². The third-order valence-electron chi connectivity index (χ3n) is 1.56. The van der Waals surface area contributed by atoms with Crippen LogP contribution in [0.15, 0.2) is 22.9 Å². The lowest BCUT2D eigenvalue weighted by molar-refractivity contribution is -0.135. The fourth-order valence-corrected chi connectivity index (χ4v) is 1.56. The second kappa shape index (κ2) is 4.07. The number of rotatable bonds is 3. The Hall–Kier alpha value is -1.09. The van der Waals surface area contributed by atoms with Crippen molar-refractivity contribution in [2.45, 2.75) is 13.3 Å². The molecule has 0 amide bonds. The van der Waals surface area contributed by atoms with Gasteiger partial charge in [-0.05, 0) is 34.9 Å². The zero-order chi connectivity index (χ0) is 8.97. The van der Waals surface area contributed by atoms with Gasteiger partial charge >= 0.3 is 5.97 Å². The second-order valence-electron chi connectivity index (χ2n) is 2.50. The van der Waals surface area contributed by atoms with Gasteiger partial charge in [-0.25, -0.2) is 0 Å². The minimum atomic E-state index is -0.787. The average molecular weight is 182 g/mol. The molecule has 3 heteroatoms. The van der Waals surface area contributed by atoms with Crippen molar-refractivity contribution in [1.29, 1.82) is 0 Å². The van der Waals surface area contributed by atoms with Crippen molar-refractivity contribution in [3.8, 4) is 0 Å². The Balaban J connectivity index is 2.65. The van der Waals surface area contributed by atoms with Crippen LogP contribution in [0.3, 0.4) is 0 Å². The quantitative estimate of drug-likeness (QED) is 0.780. The van der Waals surface area contributed by atoms with Gasteiger partial charge in [-0.2, -0.15) is 11.3 Å². The van der Waals surface area contributed by atoms with Crippen LogP contribution in [-0.2, 0) is 4.79 Å². The maximum absolute atomic E-state index is 10.2. The average Bonchev–Trinajstić information content (AvgIpc) is 2.51. The Morgan fingerprint density at radius 3 is 3.00 bits per heavy atom. The van der Waals surface area contributed by atoms with Crippen LogP contribution in [0.5, 0.6) is 0 Å². The van der Waals surface area contributed by atoms with E-state index < -0.39 is 5.97 Å². The zero-order valence-electron chi connectivity index (χ0n) is 6.78. The van der Waals surface area contributed by atoms with Gasteiger partial charge in [0.05, 0.1) is 6.42 Å². The van der Waals surface area contributed by atoms with Crippen molar-refractivity contribution in [2.75, 3.05) is 0 Å². The Kier molecular flexibility index (Phi) is 3.05. The lowest BCUT2D eigenvalue weighted by atomic mass is 10.1.